The summed E-state index contributed by atoms with van der Waals surface area (Å²) in [5.74, 6) is 0. The Morgan fingerprint density at radius 1 is 1.19 bits per heavy atom. The van der Waals surface area contributed by atoms with Gasteiger partial charge in [-0.2, -0.15) is 5.10 Å². The summed E-state index contributed by atoms with van der Waals surface area (Å²) in [6, 6.07) is 0.784. The second-order valence-electron chi connectivity index (χ2n) is 6.00. The fraction of sp³-hybridized carbons (Fsp3) is 0.800. The van der Waals surface area contributed by atoms with Gasteiger partial charge in [0.1, 0.15) is 0 Å². The Hall–Kier alpha value is -0.430. The molecule has 1 N–H and O–H groups in total. The van der Waals surface area contributed by atoms with Gasteiger partial charge in [0.15, 0.2) is 0 Å². The van der Waals surface area contributed by atoms with Crippen LogP contribution in [0.3, 0.4) is 0 Å². The first kappa shape index (κ1) is 15.5. The Bertz CT molecular complexity index is 475. The van der Waals surface area contributed by atoms with Crippen molar-refractivity contribution in [2.24, 2.45) is 0 Å². The molecule has 2 aliphatic heterocycles. The number of aromatic nitrogens is 2. The predicted molar refractivity (Wildman–Crippen MR) is 88.5 cm³/mol. The standard InChI is InChI=1S/C15H26BrN5/c1-3-13-15(16)14(21(4-2)18-13)11-19-5-7-20(8-6-19)12-9-17-10-12/h12,17H,3-11H2,1-2H3. The minimum Gasteiger partial charge on any atom is -0.314 e. The number of halogens is 1. The van der Waals surface area contributed by atoms with Crippen LogP contribution in [0.2, 0.25) is 0 Å². The lowest BCUT2D eigenvalue weighted by atomic mass is 10.1. The van der Waals surface area contributed by atoms with Gasteiger partial charge in [-0.3, -0.25) is 14.5 Å². The van der Waals surface area contributed by atoms with Crippen LogP contribution in [0.25, 0.3) is 0 Å². The molecule has 0 atom stereocenters. The maximum Gasteiger partial charge on any atom is 0.0767 e. The molecule has 2 fully saturated rings. The van der Waals surface area contributed by atoms with Gasteiger partial charge in [0.25, 0.3) is 0 Å². The third kappa shape index (κ3) is 3.18. The molecule has 6 heteroatoms. The minimum absolute atomic E-state index is 0.784. The third-order valence-corrected chi connectivity index (χ3v) is 5.67. The van der Waals surface area contributed by atoms with Gasteiger partial charge in [-0.25, -0.2) is 0 Å². The summed E-state index contributed by atoms with van der Waals surface area (Å²) < 4.78 is 3.38. The van der Waals surface area contributed by atoms with Crippen LogP contribution in [0.5, 0.6) is 0 Å². The van der Waals surface area contributed by atoms with Crippen molar-refractivity contribution in [1.29, 1.82) is 0 Å². The maximum absolute atomic E-state index is 4.70. The van der Waals surface area contributed by atoms with Crippen molar-refractivity contribution >= 4 is 15.9 Å². The smallest absolute Gasteiger partial charge is 0.0767 e. The summed E-state index contributed by atoms with van der Waals surface area (Å²) in [6.07, 6.45) is 0.989. The van der Waals surface area contributed by atoms with Crippen LogP contribution < -0.4 is 5.32 Å². The summed E-state index contributed by atoms with van der Waals surface area (Å²) in [4.78, 5) is 5.20. The molecule has 0 radical (unpaired) electrons. The Morgan fingerprint density at radius 2 is 1.90 bits per heavy atom. The van der Waals surface area contributed by atoms with E-state index in [1.807, 2.05) is 0 Å². The van der Waals surface area contributed by atoms with Crippen molar-refractivity contribution in [2.75, 3.05) is 39.3 Å². The molecule has 1 aromatic rings. The van der Waals surface area contributed by atoms with Gasteiger partial charge in [-0.15, -0.1) is 0 Å². The second kappa shape index (κ2) is 6.77. The minimum atomic E-state index is 0.784. The molecule has 2 aliphatic rings. The highest BCUT2D eigenvalue weighted by Crippen LogP contribution is 2.24. The number of hydrogen-bond acceptors (Lipinski definition) is 4. The molecule has 0 amide bonds. The topological polar surface area (TPSA) is 36.3 Å². The van der Waals surface area contributed by atoms with E-state index >= 15 is 0 Å². The van der Waals surface area contributed by atoms with Gasteiger partial charge in [0, 0.05) is 58.4 Å². The normalized spacial score (nSPS) is 21.7. The summed E-state index contributed by atoms with van der Waals surface area (Å²) in [5.41, 5.74) is 2.53. The summed E-state index contributed by atoms with van der Waals surface area (Å²) in [7, 11) is 0. The average Bonchev–Trinajstić information content (AvgIpc) is 2.75. The number of rotatable bonds is 5. The van der Waals surface area contributed by atoms with Crippen LogP contribution in [0.1, 0.15) is 25.2 Å². The molecule has 118 valence electrons. The van der Waals surface area contributed by atoms with E-state index in [9.17, 15) is 0 Å². The fourth-order valence-electron chi connectivity index (χ4n) is 3.20. The molecule has 0 unspecified atom stereocenters. The summed E-state index contributed by atoms with van der Waals surface area (Å²) >= 11 is 3.76. The molecular weight excluding hydrogens is 330 g/mol. The Kier molecular flexibility index (Phi) is 4.99. The SMILES string of the molecule is CCc1nn(CC)c(CN2CCN(C3CNC3)CC2)c1Br. The summed E-state index contributed by atoms with van der Waals surface area (Å²) in [5, 5.41) is 8.07. The highest BCUT2D eigenvalue weighted by molar-refractivity contribution is 9.10. The van der Waals surface area contributed by atoms with Gasteiger partial charge in [0.05, 0.1) is 15.9 Å². The zero-order chi connectivity index (χ0) is 14.8. The number of aryl methyl sites for hydroxylation is 2. The molecule has 21 heavy (non-hydrogen) atoms. The lowest BCUT2D eigenvalue weighted by molar-refractivity contribution is 0.0683. The highest BCUT2D eigenvalue weighted by atomic mass is 79.9. The van der Waals surface area contributed by atoms with E-state index in [1.165, 1.54) is 55.1 Å². The van der Waals surface area contributed by atoms with E-state index in [0.29, 0.717) is 0 Å². The van der Waals surface area contributed by atoms with Gasteiger partial charge in [-0.05, 0) is 29.3 Å². The van der Waals surface area contributed by atoms with Gasteiger partial charge >= 0.3 is 0 Å². The molecule has 3 rings (SSSR count). The third-order valence-electron chi connectivity index (χ3n) is 4.75. The monoisotopic (exact) mass is 355 g/mol. The van der Waals surface area contributed by atoms with Crippen molar-refractivity contribution in [3.63, 3.8) is 0 Å². The van der Waals surface area contributed by atoms with E-state index < -0.39 is 0 Å². The Balaban J connectivity index is 1.61. The quantitative estimate of drug-likeness (QED) is 0.863. The molecule has 3 heterocycles. The molecule has 0 aliphatic carbocycles. The van der Waals surface area contributed by atoms with E-state index in [4.69, 9.17) is 5.10 Å². The predicted octanol–water partition coefficient (Wildman–Crippen LogP) is 1.32. The molecule has 0 aromatic carbocycles. The molecule has 0 saturated carbocycles. The lowest BCUT2D eigenvalue weighted by Crippen LogP contribution is -2.61. The molecule has 5 nitrogen and oxygen atoms in total. The summed E-state index contributed by atoms with van der Waals surface area (Å²) in [6.45, 7) is 13.4. The van der Waals surface area contributed by atoms with E-state index in [-0.39, 0.29) is 0 Å². The number of nitrogens with one attached hydrogen (secondary N) is 1. The molecule has 1 aromatic heterocycles. The second-order valence-corrected chi connectivity index (χ2v) is 6.79. The van der Waals surface area contributed by atoms with Gasteiger partial charge < -0.3 is 5.32 Å². The zero-order valence-electron chi connectivity index (χ0n) is 13.1. The highest BCUT2D eigenvalue weighted by Gasteiger charge is 2.28. The van der Waals surface area contributed by atoms with Gasteiger partial charge in [-0.1, -0.05) is 6.92 Å². The maximum atomic E-state index is 4.70. The van der Waals surface area contributed by atoms with E-state index in [0.717, 1.165) is 25.6 Å². The Morgan fingerprint density at radius 3 is 2.43 bits per heavy atom. The number of piperazine rings is 1. The van der Waals surface area contributed by atoms with Crippen molar-refractivity contribution in [3.05, 3.63) is 15.9 Å². The molecule has 2 saturated heterocycles. The van der Waals surface area contributed by atoms with Crippen molar-refractivity contribution in [2.45, 2.75) is 39.4 Å². The van der Waals surface area contributed by atoms with Gasteiger partial charge in [0.2, 0.25) is 0 Å². The van der Waals surface area contributed by atoms with Crippen molar-refractivity contribution in [1.82, 2.24) is 24.9 Å². The first-order valence-corrected chi connectivity index (χ1v) is 8.93. The van der Waals surface area contributed by atoms with Crippen LogP contribution in [-0.2, 0) is 19.5 Å². The number of hydrogen-bond donors (Lipinski definition) is 1. The first-order valence-electron chi connectivity index (χ1n) is 8.14. The zero-order valence-corrected chi connectivity index (χ0v) is 14.7. The van der Waals surface area contributed by atoms with Crippen molar-refractivity contribution < 1.29 is 0 Å². The van der Waals surface area contributed by atoms with Crippen molar-refractivity contribution in [3.8, 4) is 0 Å². The Labute approximate surface area is 135 Å². The van der Waals surface area contributed by atoms with E-state index in [2.05, 4.69) is 49.6 Å². The molecular formula is C15H26BrN5. The van der Waals surface area contributed by atoms with Crippen LogP contribution in [0, 0.1) is 0 Å². The van der Waals surface area contributed by atoms with Crippen LogP contribution >= 0.6 is 15.9 Å². The average molecular weight is 356 g/mol. The van der Waals surface area contributed by atoms with Crippen LogP contribution in [0.4, 0.5) is 0 Å². The fourth-order valence-corrected chi connectivity index (χ4v) is 3.89. The lowest BCUT2D eigenvalue weighted by Gasteiger charge is -2.43. The largest absolute Gasteiger partial charge is 0.314 e. The molecule has 0 bridgehead atoms. The van der Waals surface area contributed by atoms with E-state index in [1.54, 1.807) is 0 Å². The first-order chi connectivity index (χ1) is 10.2. The molecule has 0 spiro atoms. The van der Waals surface area contributed by atoms with Crippen LogP contribution in [-0.4, -0.2) is 64.9 Å². The van der Waals surface area contributed by atoms with Crippen LogP contribution in [0.15, 0.2) is 4.47 Å². The number of nitrogens with zero attached hydrogens (tertiary/aromatic N) is 4.